The Kier molecular flexibility index (Phi) is 5.18. The van der Waals surface area contributed by atoms with Crippen LogP contribution in [0.25, 0.3) is 11.4 Å². The van der Waals surface area contributed by atoms with Gasteiger partial charge < -0.3 is 0 Å². The van der Waals surface area contributed by atoms with Gasteiger partial charge in [0.05, 0.1) is 24.0 Å². The number of aromatic amines is 1. The molecule has 29 heavy (non-hydrogen) atoms. The zero-order valence-corrected chi connectivity index (χ0v) is 16.8. The first-order valence-electron chi connectivity index (χ1n) is 9.09. The molecule has 2 aromatic carbocycles. The minimum atomic E-state index is -0.388. The molecule has 0 aliphatic rings. The molecule has 6 nitrogen and oxygen atoms in total. The first-order chi connectivity index (χ1) is 14.0. The number of aryl methyl sites for hydroxylation is 1. The van der Waals surface area contributed by atoms with Crippen molar-refractivity contribution in [2.24, 2.45) is 5.10 Å². The maximum atomic E-state index is 14.2. The summed E-state index contributed by atoms with van der Waals surface area (Å²) >= 11 is 5.28. The maximum absolute atomic E-state index is 14.2. The van der Waals surface area contributed by atoms with E-state index in [1.165, 1.54) is 16.3 Å². The zero-order chi connectivity index (χ0) is 20.4. The van der Waals surface area contributed by atoms with Gasteiger partial charge in [-0.2, -0.15) is 20.0 Å². The van der Waals surface area contributed by atoms with Crippen molar-refractivity contribution in [1.29, 1.82) is 0 Å². The standard InChI is InChI=1S/C21H19FN6S/c1-14-18(15(2)27(26-14)13-16-8-4-3-5-9-16)12-23-28-20(24-25-21(28)29)17-10-6-7-11-19(17)22/h3-12H,13H2,1-2H3,(H,25,29). The number of H-pyrrole nitrogens is 1. The number of nitrogens with zero attached hydrogens (tertiary/aromatic N) is 5. The third-order valence-corrected chi connectivity index (χ3v) is 4.94. The molecule has 146 valence electrons. The summed E-state index contributed by atoms with van der Waals surface area (Å²) in [7, 11) is 0. The molecule has 0 saturated carbocycles. The molecule has 1 N–H and O–H groups in total. The predicted molar refractivity (Wildman–Crippen MR) is 113 cm³/mol. The second kappa shape index (κ2) is 7.92. The summed E-state index contributed by atoms with van der Waals surface area (Å²) in [5.74, 6) is -0.0719. The van der Waals surface area contributed by atoms with Crippen LogP contribution < -0.4 is 0 Å². The van der Waals surface area contributed by atoms with Crippen LogP contribution in [0.5, 0.6) is 0 Å². The summed E-state index contributed by atoms with van der Waals surface area (Å²) in [6.07, 6.45) is 1.69. The van der Waals surface area contributed by atoms with E-state index in [1.54, 1.807) is 24.4 Å². The van der Waals surface area contributed by atoms with E-state index in [4.69, 9.17) is 12.2 Å². The number of benzene rings is 2. The quantitative estimate of drug-likeness (QED) is 0.392. The highest BCUT2D eigenvalue weighted by molar-refractivity contribution is 7.71. The van der Waals surface area contributed by atoms with Crippen LogP contribution in [0.4, 0.5) is 4.39 Å². The van der Waals surface area contributed by atoms with Gasteiger partial charge in [0.15, 0.2) is 5.82 Å². The van der Waals surface area contributed by atoms with Crippen LogP contribution in [-0.4, -0.2) is 30.9 Å². The van der Waals surface area contributed by atoms with Crippen molar-refractivity contribution >= 4 is 18.4 Å². The van der Waals surface area contributed by atoms with Crippen LogP contribution >= 0.6 is 12.2 Å². The van der Waals surface area contributed by atoms with Gasteiger partial charge in [0.25, 0.3) is 0 Å². The van der Waals surface area contributed by atoms with Crippen molar-refractivity contribution in [1.82, 2.24) is 24.7 Å². The van der Waals surface area contributed by atoms with Gasteiger partial charge in [0, 0.05) is 11.3 Å². The lowest BCUT2D eigenvalue weighted by atomic mass is 10.2. The lowest BCUT2D eigenvalue weighted by Gasteiger charge is -2.05. The van der Waals surface area contributed by atoms with Crippen molar-refractivity contribution in [3.8, 4) is 11.4 Å². The third kappa shape index (κ3) is 3.79. The molecule has 4 rings (SSSR count). The molecule has 0 atom stereocenters. The second-order valence-electron chi connectivity index (χ2n) is 6.62. The zero-order valence-electron chi connectivity index (χ0n) is 16.0. The first-order valence-corrected chi connectivity index (χ1v) is 9.50. The van der Waals surface area contributed by atoms with Gasteiger partial charge in [0.2, 0.25) is 4.77 Å². The molecule has 0 unspecified atom stereocenters. The smallest absolute Gasteiger partial charge is 0.216 e. The number of hydrogen-bond donors (Lipinski definition) is 1. The van der Waals surface area contributed by atoms with E-state index in [0.717, 1.165) is 17.0 Å². The number of nitrogens with one attached hydrogen (secondary N) is 1. The monoisotopic (exact) mass is 406 g/mol. The number of rotatable bonds is 5. The summed E-state index contributed by atoms with van der Waals surface area (Å²) in [6.45, 7) is 4.60. The lowest BCUT2D eigenvalue weighted by Crippen LogP contribution is -2.04. The average Bonchev–Trinajstić information content (AvgIpc) is 3.21. The summed E-state index contributed by atoms with van der Waals surface area (Å²) in [5.41, 5.74) is 4.22. The van der Waals surface area contributed by atoms with Gasteiger partial charge in [-0.3, -0.25) is 4.68 Å². The van der Waals surface area contributed by atoms with Crippen LogP contribution in [0.1, 0.15) is 22.5 Å². The minimum absolute atomic E-state index is 0.284. The van der Waals surface area contributed by atoms with Crippen molar-refractivity contribution in [2.45, 2.75) is 20.4 Å². The average molecular weight is 406 g/mol. The molecular weight excluding hydrogens is 387 g/mol. The Morgan fingerprint density at radius 2 is 1.83 bits per heavy atom. The number of aromatic nitrogens is 5. The molecule has 4 aromatic rings. The molecule has 0 bridgehead atoms. The topological polar surface area (TPSA) is 63.8 Å². The van der Waals surface area contributed by atoms with Crippen molar-refractivity contribution in [2.75, 3.05) is 0 Å². The van der Waals surface area contributed by atoms with Crippen molar-refractivity contribution < 1.29 is 4.39 Å². The van der Waals surface area contributed by atoms with Crippen LogP contribution in [0, 0.1) is 24.4 Å². The van der Waals surface area contributed by atoms with Crippen LogP contribution in [0.2, 0.25) is 0 Å². The Morgan fingerprint density at radius 3 is 2.59 bits per heavy atom. The second-order valence-corrected chi connectivity index (χ2v) is 7.00. The third-order valence-electron chi connectivity index (χ3n) is 4.68. The fourth-order valence-corrected chi connectivity index (χ4v) is 3.32. The Balaban J connectivity index is 1.68. The van der Waals surface area contributed by atoms with E-state index in [9.17, 15) is 4.39 Å². The summed E-state index contributed by atoms with van der Waals surface area (Å²) in [5, 5.41) is 15.9. The van der Waals surface area contributed by atoms with E-state index in [2.05, 4.69) is 32.5 Å². The molecule has 0 saturated heterocycles. The summed E-state index contributed by atoms with van der Waals surface area (Å²) < 4.78 is 17.8. The Hall–Kier alpha value is -3.39. The lowest BCUT2D eigenvalue weighted by molar-refractivity contribution is 0.628. The Labute approximate surface area is 172 Å². The molecule has 0 radical (unpaired) electrons. The maximum Gasteiger partial charge on any atom is 0.216 e. The molecule has 2 heterocycles. The van der Waals surface area contributed by atoms with Crippen LogP contribution in [0.3, 0.4) is 0 Å². The largest absolute Gasteiger partial charge is 0.265 e. The van der Waals surface area contributed by atoms with Crippen LogP contribution in [0.15, 0.2) is 59.7 Å². The van der Waals surface area contributed by atoms with E-state index in [-0.39, 0.29) is 10.6 Å². The fourth-order valence-electron chi connectivity index (χ4n) is 3.14. The van der Waals surface area contributed by atoms with E-state index in [0.29, 0.717) is 17.9 Å². The summed E-state index contributed by atoms with van der Waals surface area (Å²) in [6, 6.07) is 16.5. The van der Waals surface area contributed by atoms with E-state index < -0.39 is 0 Å². The SMILES string of the molecule is Cc1nn(Cc2ccccc2)c(C)c1C=Nn1c(-c2ccccc2F)n[nH]c1=S. The van der Waals surface area contributed by atoms with Gasteiger partial charge in [-0.15, -0.1) is 0 Å². The van der Waals surface area contributed by atoms with Gasteiger partial charge in [-0.1, -0.05) is 42.5 Å². The molecule has 0 aliphatic carbocycles. The van der Waals surface area contributed by atoms with Crippen molar-refractivity contribution in [3.05, 3.63) is 87.7 Å². The molecule has 0 amide bonds. The Bertz CT molecular complexity index is 1240. The number of hydrogen-bond acceptors (Lipinski definition) is 4. The molecule has 0 aliphatic heterocycles. The van der Waals surface area contributed by atoms with Crippen molar-refractivity contribution in [3.63, 3.8) is 0 Å². The predicted octanol–water partition coefficient (Wildman–Crippen LogP) is 4.49. The van der Waals surface area contributed by atoms with Gasteiger partial charge in [-0.05, 0) is 43.8 Å². The molecule has 0 spiro atoms. The normalized spacial score (nSPS) is 11.4. The fraction of sp³-hybridized carbons (Fsp3) is 0.143. The number of halogens is 1. The van der Waals surface area contributed by atoms with Gasteiger partial charge in [-0.25, -0.2) is 9.49 Å². The first kappa shape index (κ1) is 18.9. The van der Waals surface area contributed by atoms with Gasteiger partial charge in [0.1, 0.15) is 5.82 Å². The highest BCUT2D eigenvalue weighted by Gasteiger charge is 2.14. The highest BCUT2D eigenvalue weighted by atomic mass is 32.1. The highest BCUT2D eigenvalue weighted by Crippen LogP contribution is 2.21. The minimum Gasteiger partial charge on any atom is -0.265 e. The van der Waals surface area contributed by atoms with E-state index >= 15 is 0 Å². The Morgan fingerprint density at radius 1 is 1.10 bits per heavy atom. The molecule has 0 fully saturated rings. The molecule has 8 heteroatoms. The van der Waals surface area contributed by atoms with Gasteiger partial charge >= 0.3 is 0 Å². The summed E-state index contributed by atoms with van der Waals surface area (Å²) in [4.78, 5) is 0. The van der Waals surface area contributed by atoms with Crippen LogP contribution in [-0.2, 0) is 6.54 Å². The van der Waals surface area contributed by atoms with E-state index in [1.807, 2.05) is 36.7 Å². The molecule has 2 aromatic heterocycles. The molecular formula is C21H19FN6S.